The van der Waals surface area contributed by atoms with Crippen LogP contribution in [0.5, 0.6) is 0 Å². The molecule has 0 saturated carbocycles. The van der Waals surface area contributed by atoms with Crippen molar-refractivity contribution < 1.29 is 9.18 Å². The molecule has 0 saturated heterocycles. The minimum atomic E-state index is -0.386. The van der Waals surface area contributed by atoms with Crippen molar-refractivity contribution in [2.75, 3.05) is 11.1 Å². The number of carbonyl (C=O) groups excluding carboxylic acids is 1. The Morgan fingerprint density at radius 1 is 1.14 bits per heavy atom. The maximum Gasteiger partial charge on any atom is 0.234 e. The highest BCUT2D eigenvalue weighted by Gasteiger charge is 2.08. The summed E-state index contributed by atoms with van der Waals surface area (Å²) in [7, 11) is 0. The van der Waals surface area contributed by atoms with Gasteiger partial charge < -0.3 is 5.32 Å². The Hall–Kier alpha value is -1.23. The minimum absolute atomic E-state index is 0.200. The molecule has 1 amide bonds. The standard InChI is InChI=1S/C15H12Cl2FNOS/c16-13-5-2-6-14(17)12(13)8-21-9-15(20)19-11-4-1-3-10(18)7-11/h1-7H,8-9H2,(H,19,20). The molecule has 0 bridgehead atoms. The Balaban J connectivity index is 1.85. The normalized spacial score (nSPS) is 10.4. The molecule has 0 atom stereocenters. The van der Waals surface area contributed by atoms with Gasteiger partial charge in [-0.3, -0.25) is 4.79 Å². The van der Waals surface area contributed by atoms with Crippen molar-refractivity contribution in [3.8, 4) is 0 Å². The SMILES string of the molecule is O=C(CSCc1c(Cl)cccc1Cl)Nc1cccc(F)c1. The minimum Gasteiger partial charge on any atom is -0.325 e. The summed E-state index contributed by atoms with van der Waals surface area (Å²) in [5.41, 5.74) is 1.25. The Morgan fingerprint density at radius 2 is 1.81 bits per heavy atom. The average Bonchev–Trinajstić information content (AvgIpc) is 2.42. The van der Waals surface area contributed by atoms with Gasteiger partial charge in [0.1, 0.15) is 5.82 Å². The summed E-state index contributed by atoms with van der Waals surface area (Å²) in [4.78, 5) is 11.8. The molecule has 0 unspecified atom stereocenters. The van der Waals surface area contributed by atoms with Crippen LogP contribution in [0.1, 0.15) is 5.56 Å². The third kappa shape index (κ3) is 4.92. The van der Waals surface area contributed by atoms with Gasteiger partial charge in [0.05, 0.1) is 5.75 Å². The number of thioether (sulfide) groups is 1. The molecule has 0 fully saturated rings. The van der Waals surface area contributed by atoms with E-state index in [-0.39, 0.29) is 17.5 Å². The molecule has 2 rings (SSSR count). The van der Waals surface area contributed by atoms with Gasteiger partial charge in [-0.2, -0.15) is 0 Å². The second-order valence-corrected chi connectivity index (χ2v) is 6.05. The third-order valence-corrected chi connectivity index (χ3v) is 4.32. The average molecular weight is 344 g/mol. The van der Waals surface area contributed by atoms with E-state index < -0.39 is 0 Å². The topological polar surface area (TPSA) is 29.1 Å². The van der Waals surface area contributed by atoms with Crippen LogP contribution in [0.15, 0.2) is 42.5 Å². The largest absolute Gasteiger partial charge is 0.325 e. The van der Waals surface area contributed by atoms with Crippen LogP contribution in [-0.2, 0) is 10.5 Å². The van der Waals surface area contributed by atoms with Crippen molar-refractivity contribution in [1.29, 1.82) is 0 Å². The number of rotatable bonds is 5. The van der Waals surface area contributed by atoms with E-state index in [1.54, 1.807) is 30.3 Å². The first-order valence-corrected chi connectivity index (χ1v) is 8.03. The zero-order valence-corrected chi connectivity index (χ0v) is 13.2. The first-order chi connectivity index (χ1) is 10.1. The molecule has 0 aliphatic rings. The van der Waals surface area contributed by atoms with E-state index in [4.69, 9.17) is 23.2 Å². The van der Waals surface area contributed by atoms with Gasteiger partial charge in [-0.15, -0.1) is 11.8 Å². The van der Waals surface area contributed by atoms with Crippen molar-refractivity contribution >= 4 is 46.6 Å². The summed E-state index contributed by atoms with van der Waals surface area (Å²) in [5, 5.41) is 3.80. The molecule has 0 aliphatic heterocycles. The Labute approximate surface area is 136 Å². The van der Waals surface area contributed by atoms with Crippen molar-refractivity contribution in [2.45, 2.75) is 5.75 Å². The molecule has 0 aliphatic carbocycles. The van der Waals surface area contributed by atoms with Crippen LogP contribution >= 0.6 is 35.0 Å². The Kier molecular flexibility index (Phi) is 5.91. The number of anilines is 1. The molecular weight excluding hydrogens is 332 g/mol. The van der Waals surface area contributed by atoms with Gasteiger partial charge in [-0.1, -0.05) is 35.3 Å². The number of nitrogens with one attached hydrogen (secondary N) is 1. The molecule has 0 heterocycles. The van der Waals surface area contributed by atoms with Crippen molar-refractivity contribution in [3.63, 3.8) is 0 Å². The van der Waals surface area contributed by atoms with E-state index in [1.807, 2.05) is 0 Å². The van der Waals surface area contributed by atoms with Crippen LogP contribution in [0.3, 0.4) is 0 Å². The predicted octanol–water partition coefficient (Wildman–Crippen LogP) is 5.00. The van der Waals surface area contributed by atoms with E-state index in [2.05, 4.69) is 5.32 Å². The molecule has 21 heavy (non-hydrogen) atoms. The first kappa shape index (κ1) is 16.1. The summed E-state index contributed by atoms with van der Waals surface area (Å²) in [6, 6.07) is 11.1. The molecule has 6 heteroatoms. The molecule has 2 aromatic carbocycles. The lowest BCUT2D eigenvalue weighted by molar-refractivity contribution is -0.113. The fourth-order valence-corrected chi connectivity index (χ4v) is 3.24. The molecule has 0 radical (unpaired) electrons. The summed E-state index contributed by atoms with van der Waals surface area (Å²) in [6.45, 7) is 0. The lowest BCUT2D eigenvalue weighted by Gasteiger charge is -2.07. The van der Waals surface area contributed by atoms with Crippen LogP contribution in [0.4, 0.5) is 10.1 Å². The number of amides is 1. The summed E-state index contributed by atoms with van der Waals surface area (Å²) >= 11 is 13.5. The van der Waals surface area contributed by atoms with Crippen LogP contribution in [0.2, 0.25) is 10.0 Å². The highest BCUT2D eigenvalue weighted by molar-refractivity contribution is 7.99. The van der Waals surface area contributed by atoms with Crippen LogP contribution in [-0.4, -0.2) is 11.7 Å². The van der Waals surface area contributed by atoms with Crippen LogP contribution in [0, 0.1) is 5.82 Å². The van der Waals surface area contributed by atoms with Gasteiger partial charge in [0.25, 0.3) is 0 Å². The van der Waals surface area contributed by atoms with Gasteiger partial charge in [0, 0.05) is 21.5 Å². The van der Waals surface area contributed by atoms with Crippen LogP contribution < -0.4 is 5.32 Å². The quantitative estimate of drug-likeness (QED) is 0.827. The van der Waals surface area contributed by atoms with Gasteiger partial charge >= 0.3 is 0 Å². The molecule has 1 N–H and O–H groups in total. The number of hydrogen-bond donors (Lipinski definition) is 1. The highest BCUT2D eigenvalue weighted by Crippen LogP contribution is 2.28. The van der Waals surface area contributed by atoms with Gasteiger partial charge in [0.2, 0.25) is 5.91 Å². The molecule has 2 aromatic rings. The molecule has 0 aromatic heterocycles. The summed E-state index contributed by atoms with van der Waals surface area (Å²) < 4.78 is 13.0. The van der Waals surface area contributed by atoms with Gasteiger partial charge in [-0.05, 0) is 35.9 Å². The Bertz CT molecular complexity index is 631. The smallest absolute Gasteiger partial charge is 0.234 e. The number of halogens is 3. The van der Waals surface area contributed by atoms with E-state index in [1.165, 1.54) is 23.9 Å². The molecule has 0 spiro atoms. The summed E-state index contributed by atoms with van der Waals surface area (Å²) in [6.07, 6.45) is 0. The van der Waals surface area contributed by atoms with E-state index >= 15 is 0 Å². The third-order valence-electron chi connectivity index (χ3n) is 2.65. The summed E-state index contributed by atoms with van der Waals surface area (Å²) in [5.74, 6) is 0.185. The van der Waals surface area contributed by atoms with Gasteiger partial charge in [-0.25, -0.2) is 4.39 Å². The zero-order valence-electron chi connectivity index (χ0n) is 10.9. The highest BCUT2D eigenvalue weighted by atomic mass is 35.5. The maximum absolute atomic E-state index is 13.0. The number of benzene rings is 2. The van der Waals surface area contributed by atoms with E-state index in [9.17, 15) is 9.18 Å². The van der Waals surface area contributed by atoms with E-state index in [0.717, 1.165) is 5.56 Å². The lowest BCUT2D eigenvalue weighted by Crippen LogP contribution is -2.14. The van der Waals surface area contributed by atoms with E-state index in [0.29, 0.717) is 21.5 Å². The van der Waals surface area contributed by atoms with Crippen molar-refractivity contribution in [3.05, 3.63) is 63.9 Å². The maximum atomic E-state index is 13.0. The van der Waals surface area contributed by atoms with Crippen molar-refractivity contribution in [2.24, 2.45) is 0 Å². The number of carbonyl (C=O) groups is 1. The fourth-order valence-electron chi connectivity index (χ4n) is 1.68. The molecule has 110 valence electrons. The molecular formula is C15H12Cl2FNOS. The van der Waals surface area contributed by atoms with Gasteiger partial charge in [0.15, 0.2) is 0 Å². The number of hydrogen-bond acceptors (Lipinski definition) is 2. The second-order valence-electron chi connectivity index (χ2n) is 4.25. The lowest BCUT2D eigenvalue weighted by atomic mass is 10.2. The van der Waals surface area contributed by atoms with Crippen molar-refractivity contribution in [1.82, 2.24) is 0 Å². The zero-order chi connectivity index (χ0) is 15.2. The monoisotopic (exact) mass is 343 g/mol. The fraction of sp³-hybridized carbons (Fsp3) is 0.133. The molecule has 2 nitrogen and oxygen atoms in total. The van der Waals surface area contributed by atoms with Crippen LogP contribution in [0.25, 0.3) is 0 Å². The Morgan fingerprint density at radius 3 is 2.48 bits per heavy atom. The predicted molar refractivity (Wildman–Crippen MR) is 87.7 cm³/mol. The first-order valence-electron chi connectivity index (χ1n) is 6.12. The second kappa shape index (κ2) is 7.69.